The average Bonchev–Trinajstić information content (AvgIpc) is 2.43. The zero-order chi connectivity index (χ0) is 19.0. The van der Waals surface area contributed by atoms with Crippen LogP contribution >= 0.6 is 0 Å². The summed E-state index contributed by atoms with van der Waals surface area (Å²) in [5.74, 6) is -1.48. The highest BCUT2D eigenvalue weighted by Gasteiger charge is 2.37. The number of rotatable bonds is 3. The van der Waals surface area contributed by atoms with Gasteiger partial charge in [0.1, 0.15) is 11.6 Å². The molecule has 0 radical (unpaired) electrons. The van der Waals surface area contributed by atoms with Gasteiger partial charge in [0.25, 0.3) is 0 Å². The Kier molecular flexibility index (Phi) is 5.30. The van der Waals surface area contributed by atoms with Crippen LogP contribution in [0.5, 0.6) is 0 Å². The summed E-state index contributed by atoms with van der Waals surface area (Å²) in [5.41, 5.74) is -2.83. The number of alkyl halides is 6. The highest BCUT2D eigenvalue weighted by Crippen LogP contribution is 2.39. The van der Waals surface area contributed by atoms with Crippen molar-refractivity contribution >= 4 is 11.6 Å². The van der Waals surface area contributed by atoms with Gasteiger partial charge >= 0.3 is 12.4 Å². The molecule has 138 valence electrons. The first-order valence-electron chi connectivity index (χ1n) is 7.69. The number of ketones is 2. The quantitative estimate of drug-likeness (QED) is 0.547. The second kappa shape index (κ2) is 6.80. The second-order valence-corrected chi connectivity index (χ2v) is 6.50. The lowest BCUT2D eigenvalue weighted by Gasteiger charge is -2.24. The Labute approximate surface area is 140 Å². The van der Waals surface area contributed by atoms with Crippen molar-refractivity contribution in [2.75, 3.05) is 0 Å². The molecular weight excluding hydrogens is 350 g/mol. The number of hydrogen-bond donors (Lipinski definition) is 0. The predicted octanol–water partition coefficient (Wildman–Crippen LogP) is 5.16. The van der Waals surface area contributed by atoms with Crippen molar-refractivity contribution in [1.29, 1.82) is 0 Å². The molecule has 0 spiro atoms. The summed E-state index contributed by atoms with van der Waals surface area (Å²) in [6, 6.07) is 1.49. The molecule has 1 aliphatic carbocycles. The van der Waals surface area contributed by atoms with Gasteiger partial charge in [0, 0.05) is 12.8 Å². The van der Waals surface area contributed by atoms with E-state index in [0.29, 0.717) is 12.1 Å². The first-order chi connectivity index (χ1) is 11.4. The molecule has 1 aromatic carbocycles. The highest BCUT2D eigenvalue weighted by atomic mass is 19.4. The van der Waals surface area contributed by atoms with Crippen molar-refractivity contribution < 1.29 is 35.9 Å². The summed E-state index contributed by atoms with van der Waals surface area (Å²) in [6.07, 6.45) is -9.51. The Morgan fingerprint density at radius 3 is 1.76 bits per heavy atom. The summed E-state index contributed by atoms with van der Waals surface area (Å²) >= 11 is 0. The molecule has 0 N–H and O–H groups in total. The number of Topliss-reactive ketones (excluding diaryl/α,β-unsaturated/α-hetero) is 2. The van der Waals surface area contributed by atoms with Crippen molar-refractivity contribution in [2.24, 2.45) is 5.92 Å². The summed E-state index contributed by atoms with van der Waals surface area (Å²) in [7, 11) is 0. The van der Waals surface area contributed by atoms with Crippen LogP contribution in [-0.4, -0.2) is 11.6 Å². The van der Waals surface area contributed by atoms with Crippen LogP contribution in [0.1, 0.15) is 55.2 Å². The van der Waals surface area contributed by atoms with E-state index in [1.54, 1.807) is 0 Å². The molecule has 1 aliphatic rings. The molecule has 2 nitrogen and oxygen atoms in total. The lowest BCUT2D eigenvalue weighted by molar-refractivity contribution is -0.143. The number of benzene rings is 1. The molecule has 0 unspecified atom stereocenters. The third-order valence-corrected chi connectivity index (χ3v) is 4.29. The predicted molar refractivity (Wildman–Crippen MR) is 76.8 cm³/mol. The second-order valence-electron chi connectivity index (χ2n) is 6.50. The zero-order valence-corrected chi connectivity index (χ0v) is 13.3. The van der Waals surface area contributed by atoms with Crippen molar-refractivity contribution in [3.8, 4) is 0 Å². The van der Waals surface area contributed by atoms with Gasteiger partial charge in [-0.1, -0.05) is 6.92 Å². The molecule has 1 aromatic rings. The maximum Gasteiger partial charge on any atom is 0.416 e. The van der Waals surface area contributed by atoms with E-state index in [0.717, 1.165) is 0 Å². The monoisotopic (exact) mass is 366 g/mol. The fraction of sp³-hybridized carbons (Fsp3) is 0.529. The van der Waals surface area contributed by atoms with Gasteiger partial charge in [0.15, 0.2) is 0 Å². The molecule has 1 atom stereocenters. The van der Waals surface area contributed by atoms with E-state index in [9.17, 15) is 35.9 Å². The van der Waals surface area contributed by atoms with E-state index < -0.39 is 29.4 Å². The van der Waals surface area contributed by atoms with Gasteiger partial charge in [-0.25, -0.2) is 0 Å². The number of carbonyl (C=O) groups is 2. The molecule has 1 saturated carbocycles. The molecule has 0 aromatic heterocycles. The molecule has 0 heterocycles. The van der Waals surface area contributed by atoms with Gasteiger partial charge < -0.3 is 0 Å². The van der Waals surface area contributed by atoms with Crippen molar-refractivity contribution in [2.45, 2.75) is 50.9 Å². The van der Waals surface area contributed by atoms with Crippen LogP contribution in [0.2, 0.25) is 0 Å². The Morgan fingerprint density at radius 2 is 1.36 bits per heavy atom. The van der Waals surface area contributed by atoms with Crippen molar-refractivity contribution in [3.05, 3.63) is 34.9 Å². The standard InChI is InChI=1S/C17H16F6O2/c1-9(2-10-3-14(24)8-15(25)4-10)11-5-12(16(18,19)20)7-13(6-11)17(21,22)23/h5-7,9-10H,2-4,8H2,1H3/t9-/m0/s1. The van der Waals surface area contributed by atoms with Crippen LogP contribution in [0.4, 0.5) is 26.3 Å². The SMILES string of the molecule is C[C@@H](CC1CC(=O)CC(=O)C1)c1cc(C(F)(F)F)cc(C(F)(F)F)c1. The van der Waals surface area contributed by atoms with Crippen LogP contribution in [0, 0.1) is 5.92 Å². The third-order valence-electron chi connectivity index (χ3n) is 4.29. The molecule has 0 amide bonds. The minimum atomic E-state index is -4.90. The van der Waals surface area contributed by atoms with Gasteiger partial charge in [-0.3, -0.25) is 9.59 Å². The number of hydrogen-bond acceptors (Lipinski definition) is 2. The molecule has 0 aliphatic heterocycles. The number of carbonyl (C=O) groups excluding carboxylic acids is 2. The Balaban J connectivity index is 2.30. The van der Waals surface area contributed by atoms with E-state index in [1.165, 1.54) is 6.92 Å². The Hall–Kier alpha value is -1.86. The summed E-state index contributed by atoms with van der Waals surface area (Å²) in [6.45, 7) is 1.50. The lowest BCUT2D eigenvalue weighted by Crippen LogP contribution is -2.23. The Morgan fingerprint density at radius 1 is 0.920 bits per heavy atom. The minimum absolute atomic E-state index is 0.0872. The molecule has 0 bridgehead atoms. The molecule has 25 heavy (non-hydrogen) atoms. The fourth-order valence-electron chi connectivity index (χ4n) is 3.15. The van der Waals surface area contributed by atoms with Gasteiger partial charge in [-0.2, -0.15) is 26.3 Å². The smallest absolute Gasteiger partial charge is 0.299 e. The summed E-state index contributed by atoms with van der Waals surface area (Å²) < 4.78 is 77.4. The zero-order valence-electron chi connectivity index (χ0n) is 13.3. The molecular formula is C17H16F6O2. The first-order valence-corrected chi connectivity index (χ1v) is 7.69. The van der Waals surface area contributed by atoms with Crippen LogP contribution in [0.3, 0.4) is 0 Å². The van der Waals surface area contributed by atoms with E-state index in [-0.39, 0.29) is 54.8 Å². The molecule has 2 rings (SSSR count). The van der Waals surface area contributed by atoms with Crippen LogP contribution < -0.4 is 0 Å². The summed E-state index contributed by atoms with van der Waals surface area (Å²) in [4.78, 5) is 22.9. The fourth-order valence-corrected chi connectivity index (χ4v) is 3.15. The Bertz CT molecular complexity index is 626. The molecule has 8 heteroatoms. The third kappa shape index (κ3) is 5.06. The van der Waals surface area contributed by atoms with Gasteiger partial charge in [0.2, 0.25) is 0 Å². The minimum Gasteiger partial charge on any atom is -0.299 e. The largest absolute Gasteiger partial charge is 0.416 e. The average molecular weight is 366 g/mol. The van der Waals surface area contributed by atoms with Crippen LogP contribution in [0.15, 0.2) is 18.2 Å². The van der Waals surface area contributed by atoms with Crippen molar-refractivity contribution in [1.82, 2.24) is 0 Å². The van der Waals surface area contributed by atoms with E-state index in [1.807, 2.05) is 0 Å². The highest BCUT2D eigenvalue weighted by molar-refractivity contribution is 6.01. The maximum atomic E-state index is 12.9. The van der Waals surface area contributed by atoms with Gasteiger partial charge in [0.05, 0.1) is 17.5 Å². The van der Waals surface area contributed by atoms with Crippen LogP contribution in [0.25, 0.3) is 0 Å². The van der Waals surface area contributed by atoms with Crippen LogP contribution in [-0.2, 0) is 21.9 Å². The van der Waals surface area contributed by atoms with Gasteiger partial charge in [-0.05, 0) is 42.0 Å². The maximum absolute atomic E-state index is 12.9. The normalized spacial score (nSPS) is 18.5. The van der Waals surface area contributed by atoms with E-state index in [4.69, 9.17) is 0 Å². The van der Waals surface area contributed by atoms with Gasteiger partial charge in [-0.15, -0.1) is 0 Å². The topological polar surface area (TPSA) is 34.1 Å². The number of halogens is 6. The van der Waals surface area contributed by atoms with E-state index >= 15 is 0 Å². The lowest BCUT2D eigenvalue weighted by atomic mass is 9.80. The van der Waals surface area contributed by atoms with E-state index in [2.05, 4.69) is 0 Å². The first kappa shape index (κ1) is 19.5. The molecule has 0 saturated heterocycles. The molecule has 1 fully saturated rings. The van der Waals surface area contributed by atoms with Crippen molar-refractivity contribution in [3.63, 3.8) is 0 Å². The summed E-state index contributed by atoms with van der Waals surface area (Å²) in [5, 5.41) is 0.